The van der Waals surface area contributed by atoms with Crippen LogP contribution in [-0.4, -0.2) is 55.8 Å². The van der Waals surface area contributed by atoms with E-state index >= 15 is 0 Å². The predicted molar refractivity (Wildman–Crippen MR) is 117 cm³/mol. The summed E-state index contributed by atoms with van der Waals surface area (Å²) in [5, 5.41) is 0.711. The highest BCUT2D eigenvalue weighted by Gasteiger charge is 2.48. The summed E-state index contributed by atoms with van der Waals surface area (Å²) in [5.74, 6) is 0.930. The lowest BCUT2D eigenvalue weighted by atomic mass is 9.81. The van der Waals surface area contributed by atoms with Crippen LogP contribution in [-0.2, 0) is 9.84 Å². The maximum absolute atomic E-state index is 13.2. The van der Waals surface area contributed by atoms with Gasteiger partial charge in [-0.25, -0.2) is 13.4 Å². The highest BCUT2D eigenvalue weighted by atomic mass is 35.5. The second-order valence-electron chi connectivity index (χ2n) is 8.12. The molecule has 2 aromatic rings. The number of hydrogen-bond donors (Lipinski definition) is 0. The Hall–Kier alpha value is -1.63. The van der Waals surface area contributed by atoms with Crippen molar-refractivity contribution in [1.82, 2.24) is 9.88 Å². The second-order valence-corrected chi connectivity index (χ2v) is 10.9. The molecule has 0 bridgehead atoms. The van der Waals surface area contributed by atoms with E-state index in [-0.39, 0.29) is 0 Å². The third kappa shape index (κ3) is 4.30. The van der Waals surface area contributed by atoms with Crippen LogP contribution in [0.25, 0.3) is 0 Å². The van der Waals surface area contributed by atoms with Gasteiger partial charge in [0.1, 0.15) is 5.82 Å². The number of sulfone groups is 1. The molecule has 0 spiro atoms. The molecule has 7 heteroatoms. The van der Waals surface area contributed by atoms with E-state index in [0.717, 1.165) is 70.6 Å². The van der Waals surface area contributed by atoms with Crippen LogP contribution in [0, 0.1) is 0 Å². The fraction of sp³-hybridized carbons (Fsp3) is 0.500. The molecule has 1 aliphatic carbocycles. The van der Waals surface area contributed by atoms with Crippen molar-refractivity contribution in [3.8, 4) is 0 Å². The van der Waals surface area contributed by atoms with Crippen LogP contribution >= 0.6 is 11.6 Å². The minimum Gasteiger partial charge on any atom is -0.354 e. The minimum absolute atomic E-state index is 0.474. The molecule has 156 valence electrons. The summed E-state index contributed by atoms with van der Waals surface area (Å²) in [6.07, 6.45) is 6.01. The number of aromatic nitrogens is 1. The molecule has 1 saturated heterocycles. The Morgan fingerprint density at radius 3 is 2.38 bits per heavy atom. The van der Waals surface area contributed by atoms with E-state index in [1.165, 1.54) is 0 Å². The van der Waals surface area contributed by atoms with Crippen LogP contribution in [0.3, 0.4) is 0 Å². The third-order valence-electron chi connectivity index (χ3n) is 6.40. The molecule has 0 amide bonds. The molecular formula is C22H28ClN3O2S. The van der Waals surface area contributed by atoms with Gasteiger partial charge in [-0.05, 0) is 56.5 Å². The molecule has 0 unspecified atom stereocenters. The molecule has 0 atom stereocenters. The van der Waals surface area contributed by atoms with Crippen LogP contribution in [0.5, 0.6) is 0 Å². The van der Waals surface area contributed by atoms with E-state index < -0.39 is 14.6 Å². The first-order valence-corrected chi connectivity index (χ1v) is 12.2. The van der Waals surface area contributed by atoms with E-state index in [2.05, 4.69) is 14.8 Å². The molecular weight excluding hydrogens is 406 g/mol. The van der Waals surface area contributed by atoms with Gasteiger partial charge in [-0.15, -0.1) is 0 Å². The summed E-state index contributed by atoms with van der Waals surface area (Å²) in [5.41, 5.74) is 0. The van der Waals surface area contributed by atoms with Gasteiger partial charge in [-0.3, -0.25) is 4.90 Å². The van der Waals surface area contributed by atoms with Gasteiger partial charge >= 0.3 is 0 Å². The number of nitrogens with zero attached hydrogens (tertiary/aromatic N) is 3. The quantitative estimate of drug-likeness (QED) is 0.659. The maximum atomic E-state index is 13.2. The Labute approximate surface area is 178 Å². The predicted octanol–water partition coefficient (Wildman–Crippen LogP) is 4.03. The molecule has 0 radical (unpaired) electrons. The van der Waals surface area contributed by atoms with Gasteiger partial charge in [0.2, 0.25) is 0 Å². The molecule has 2 aliphatic rings. The zero-order chi connectivity index (χ0) is 20.3. The Morgan fingerprint density at radius 2 is 1.76 bits per heavy atom. The number of halogens is 1. The van der Waals surface area contributed by atoms with Gasteiger partial charge in [0.05, 0.1) is 9.64 Å². The summed E-state index contributed by atoms with van der Waals surface area (Å²) in [6, 6.07) is 12.7. The van der Waals surface area contributed by atoms with Gasteiger partial charge in [0.15, 0.2) is 9.84 Å². The second kappa shape index (κ2) is 8.62. The number of piperazine rings is 1. The lowest BCUT2D eigenvalue weighted by Gasteiger charge is -2.42. The molecule has 5 nitrogen and oxygen atoms in total. The van der Waals surface area contributed by atoms with Crippen LogP contribution in [0.15, 0.2) is 53.6 Å². The fourth-order valence-corrected chi connectivity index (χ4v) is 6.87. The zero-order valence-corrected chi connectivity index (χ0v) is 18.2. The number of benzene rings is 1. The Kier molecular flexibility index (Phi) is 6.13. The summed E-state index contributed by atoms with van der Waals surface area (Å²) >= 11 is 6.08. The molecule has 0 N–H and O–H groups in total. The average molecular weight is 434 g/mol. The molecule has 2 fully saturated rings. The first-order chi connectivity index (χ1) is 14.0. The van der Waals surface area contributed by atoms with Crippen molar-refractivity contribution in [3.05, 3.63) is 53.7 Å². The van der Waals surface area contributed by atoms with Gasteiger partial charge in [-0.2, -0.15) is 0 Å². The molecule has 2 heterocycles. The fourth-order valence-electron chi connectivity index (χ4n) is 4.47. The molecule has 1 aliphatic heterocycles. The van der Waals surface area contributed by atoms with Crippen LogP contribution in [0.2, 0.25) is 5.02 Å². The lowest BCUT2D eigenvalue weighted by Crippen LogP contribution is -2.48. The van der Waals surface area contributed by atoms with Crippen LogP contribution in [0.1, 0.15) is 32.1 Å². The van der Waals surface area contributed by atoms with Gasteiger partial charge in [-0.1, -0.05) is 36.2 Å². The maximum Gasteiger partial charge on any atom is 0.184 e. The highest BCUT2D eigenvalue weighted by Crippen LogP contribution is 2.46. The summed E-state index contributed by atoms with van der Waals surface area (Å²) < 4.78 is 25.9. The minimum atomic E-state index is -3.26. The number of pyridine rings is 1. The SMILES string of the molecule is O=S(=O)(c1ccccc1)C1(CCCN2CCN(c3cc(Cl)ccn3)CC2)CCC1. The van der Waals surface area contributed by atoms with Crippen molar-refractivity contribution in [2.45, 2.75) is 41.7 Å². The summed E-state index contributed by atoms with van der Waals surface area (Å²) in [6.45, 7) is 4.71. The molecule has 29 heavy (non-hydrogen) atoms. The topological polar surface area (TPSA) is 53.5 Å². The van der Waals surface area contributed by atoms with Crippen molar-refractivity contribution in [2.75, 3.05) is 37.6 Å². The van der Waals surface area contributed by atoms with Crippen molar-refractivity contribution in [3.63, 3.8) is 0 Å². The summed E-state index contributed by atoms with van der Waals surface area (Å²) in [4.78, 5) is 9.58. The van der Waals surface area contributed by atoms with E-state index in [1.54, 1.807) is 24.4 Å². The van der Waals surface area contributed by atoms with E-state index in [1.807, 2.05) is 24.3 Å². The Bertz CT molecular complexity index is 924. The smallest absolute Gasteiger partial charge is 0.184 e. The molecule has 1 aromatic carbocycles. The van der Waals surface area contributed by atoms with Crippen molar-refractivity contribution >= 4 is 27.3 Å². The Morgan fingerprint density at radius 1 is 1.03 bits per heavy atom. The number of anilines is 1. The molecule has 1 saturated carbocycles. The zero-order valence-electron chi connectivity index (χ0n) is 16.6. The van der Waals surface area contributed by atoms with E-state index in [9.17, 15) is 8.42 Å². The van der Waals surface area contributed by atoms with Crippen molar-refractivity contribution in [2.24, 2.45) is 0 Å². The van der Waals surface area contributed by atoms with Gasteiger partial charge < -0.3 is 4.90 Å². The first-order valence-electron chi connectivity index (χ1n) is 10.4. The normalized spacial score (nSPS) is 19.7. The van der Waals surface area contributed by atoms with E-state index in [0.29, 0.717) is 9.92 Å². The summed E-state index contributed by atoms with van der Waals surface area (Å²) in [7, 11) is -3.26. The third-order valence-corrected chi connectivity index (χ3v) is 9.28. The standard InChI is InChI=1S/C22H28ClN3O2S/c23-19-8-12-24-21(18-19)26-16-14-25(15-17-26)13-5-11-22(9-4-10-22)29(27,28)20-6-2-1-3-7-20/h1-3,6-8,12,18H,4-5,9-11,13-17H2. The Balaban J connectivity index is 1.30. The monoisotopic (exact) mass is 433 g/mol. The van der Waals surface area contributed by atoms with Crippen LogP contribution in [0.4, 0.5) is 5.82 Å². The van der Waals surface area contributed by atoms with Crippen LogP contribution < -0.4 is 4.90 Å². The van der Waals surface area contributed by atoms with E-state index in [4.69, 9.17) is 11.6 Å². The number of rotatable bonds is 7. The van der Waals surface area contributed by atoms with Crippen molar-refractivity contribution < 1.29 is 8.42 Å². The highest BCUT2D eigenvalue weighted by molar-refractivity contribution is 7.93. The van der Waals surface area contributed by atoms with Gasteiger partial charge in [0, 0.05) is 37.4 Å². The largest absolute Gasteiger partial charge is 0.354 e. The molecule has 1 aromatic heterocycles. The first kappa shape index (κ1) is 20.6. The number of hydrogen-bond acceptors (Lipinski definition) is 5. The van der Waals surface area contributed by atoms with Gasteiger partial charge in [0.25, 0.3) is 0 Å². The van der Waals surface area contributed by atoms with Crippen molar-refractivity contribution in [1.29, 1.82) is 0 Å². The average Bonchev–Trinajstić information content (AvgIpc) is 2.71. The molecule has 4 rings (SSSR count). The lowest BCUT2D eigenvalue weighted by molar-refractivity contribution is 0.233.